The number of nitrogens with two attached hydrogens (primary N) is 2. The van der Waals surface area contributed by atoms with E-state index in [1.165, 1.54) is 0 Å². The van der Waals surface area contributed by atoms with Crippen molar-refractivity contribution in [1.29, 1.82) is 0 Å². The lowest BCUT2D eigenvalue weighted by Gasteiger charge is -2.59. The molecule has 2 aliphatic heterocycles. The maximum Gasteiger partial charge on any atom is 0.312 e. The summed E-state index contributed by atoms with van der Waals surface area (Å²) in [4.78, 5) is 150. The number of aliphatic hydroxyl groups is 1. The van der Waals surface area contributed by atoms with E-state index in [2.05, 4.69) is 66.6 Å². The number of para-hydroxylation sites is 1. The van der Waals surface area contributed by atoms with E-state index in [1.54, 1.807) is 55.2 Å². The van der Waals surface area contributed by atoms with Crippen LogP contribution in [0.4, 0.5) is 16.2 Å². The molecule has 10 amide bonds. The van der Waals surface area contributed by atoms with Gasteiger partial charge in [-0.15, -0.1) is 0 Å². The van der Waals surface area contributed by atoms with Crippen molar-refractivity contribution in [3.63, 3.8) is 0 Å². The second kappa shape index (κ2) is 57.8. The fourth-order valence-corrected chi connectivity index (χ4v) is 19.9. The number of nitrogens with one attached hydrogen (secondary N) is 9. The summed E-state index contributed by atoms with van der Waals surface area (Å²) in [7, 11) is -4.16. The first-order valence-electron chi connectivity index (χ1n) is 49.6. The van der Waals surface area contributed by atoms with Gasteiger partial charge in [0.2, 0.25) is 53.0 Å². The van der Waals surface area contributed by atoms with Gasteiger partial charge in [0.05, 0.1) is 148 Å². The number of fused-ring (bicyclic) bond motifs is 9. The average Bonchev–Trinajstić information content (AvgIpc) is 1.51. The lowest BCUT2D eigenvalue weighted by Crippen LogP contribution is -2.63. The topological polar surface area (TPSA) is 537 Å². The molecule has 39 nitrogen and oxygen atoms in total. The summed E-state index contributed by atoms with van der Waals surface area (Å²) in [5, 5.41) is 37.6. The minimum absolute atomic E-state index is 0.00104. The number of hydrogen-bond donors (Lipinski definition) is 13. The third-order valence-electron chi connectivity index (χ3n) is 26.7. The van der Waals surface area contributed by atoms with Crippen molar-refractivity contribution >= 4 is 86.3 Å². The van der Waals surface area contributed by atoms with Crippen molar-refractivity contribution < 1.29 is 128 Å². The Hall–Kier alpha value is -10.4. The molecule has 10 rings (SSSR count). The fraction of sp³-hybridized carbons (Fsp3) is 0.634. The highest BCUT2D eigenvalue weighted by Gasteiger charge is 2.76. The number of rotatable bonds is 63. The number of ether oxygens (including phenoxy) is 12. The number of Topliss-reactive ketones (excluding diaryl/α,β-unsaturated/α-hetero) is 1. The molecule has 141 heavy (non-hydrogen) atoms. The van der Waals surface area contributed by atoms with E-state index >= 15 is 4.79 Å². The first-order chi connectivity index (χ1) is 67.9. The Balaban J connectivity index is 0.667. The van der Waals surface area contributed by atoms with Crippen LogP contribution in [0.3, 0.4) is 0 Å². The third-order valence-corrected chi connectivity index (χ3v) is 27.4. The van der Waals surface area contributed by atoms with Crippen molar-refractivity contribution in [3.8, 4) is 17.6 Å². The summed E-state index contributed by atoms with van der Waals surface area (Å²) in [5.41, 5.74) is 15.2. The van der Waals surface area contributed by atoms with Crippen LogP contribution in [0, 0.1) is 46.3 Å². The number of carbonyl (C=O) groups is 11. The number of anilines is 2. The molecule has 5 aliphatic carbocycles. The van der Waals surface area contributed by atoms with Crippen LogP contribution in [0.1, 0.15) is 180 Å². The van der Waals surface area contributed by atoms with Gasteiger partial charge in [-0.2, -0.15) is 8.42 Å². The summed E-state index contributed by atoms with van der Waals surface area (Å²) >= 11 is 0. The van der Waals surface area contributed by atoms with Crippen LogP contribution in [0.15, 0.2) is 108 Å². The molecular weight excluding hydrogens is 1850 g/mol. The number of allylic oxidation sites excluding steroid dienone is 5. The van der Waals surface area contributed by atoms with Crippen LogP contribution < -0.4 is 69.0 Å². The molecule has 0 radical (unpaired) electrons. The number of urea groups is 1. The molecule has 13 atom stereocenters. The number of amides is 10. The van der Waals surface area contributed by atoms with Crippen molar-refractivity contribution in [2.24, 2.45) is 46.0 Å². The highest BCUT2D eigenvalue weighted by atomic mass is 32.2. The predicted octanol–water partition coefficient (Wildman–Crippen LogP) is 5.46. The zero-order chi connectivity index (χ0) is 101. The predicted molar refractivity (Wildman–Crippen MR) is 520 cm³/mol. The van der Waals surface area contributed by atoms with E-state index in [4.69, 9.17) is 72.9 Å². The molecule has 3 saturated carbocycles. The van der Waals surface area contributed by atoms with Gasteiger partial charge < -0.3 is 126 Å². The molecule has 15 N–H and O–H groups in total. The van der Waals surface area contributed by atoms with Crippen LogP contribution in [-0.2, 0) is 117 Å². The SMILES string of the molecule is CCCC1O[C@@H]2CC3[C@@H]4CCC5=CC(=O)C=C[C@]5(C)C4[C@@H](O)C[C@]3(C)[C@]2(C(=O)COc2ccc(NC(=O)[C@H](CCCNC(N)=O)NC(=O)[C@@H](NC(=O)[C@@H](CCCCNC(=O)COC3CCCCCC(NCCOCCOCCOCCOCCC(=O)NCCS(=O)(=O)O)=C3N)NC(=O)CCOCCOCCOCCOCCNC(=O)CCC(=O)N3Cc4ccccc4C#Cc4ccccc43)C(C)C)cc2)O1. The van der Waals surface area contributed by atoms with E-state index in [0.717, 1.165) is 60.1 Å². The van der Waals surface area contributed by atoms with E-state index in [0.29, 0.717) is 114 Å². The van der Waals surface area contributed by atoms with Crippen molar-refractivity contribution in [1.82, 2.24) is 42.5 Å². The van der Waals surface area contributed by atoms with E-state index in [1.807, 2.05) is 68.5 Å². The van der Waals surface area contributed by atoms with Crippen molar-refractivity contribution in [2.45, 2.75) is 218 Å². The Morgan fingerprint density at radius 2 is 1.22 bits per heavy atom. The highest BCUT2D eigenvalue weighted by molar-refractivity contribution is 7.85. The first-order valence-corrected chi connectivity index (χ1v) is 51.2. The van der Waals surface area contributed by atoms with Crippen LogP contribution in [0.25, 0.3) is 0 Å². The zero-order valence-corrected chi connectivity index (χ0v) is 82.8. The van der Waals surface area contributed by atoms with Gasteiger partial charge >= 0.3 is 6.03 Å². The van der Waals surface area contributed by atoms with Crippen LogP contribution >= 0.6 is 0 Å². The van der Waals surface area contributed by atoms with E-state index in [-0.39, 0.29) is 205 Å². The number of aliphatic hydroxyl groups excluding tert-OH is 1. The Bertz CT molecular complexity index is 4920. The number of unbranched alkanes of at least 4 members (excludes halogenated alkanes) is 1. The summed E-state index contributed by atoms with van der Waals surface area (Å²) in [5.74, 6) is 1.09. The highest BCUT2D eigenvalue weighted by Crippen LogP contribution is 2.70. The van der Waals surface area contributed by atoms with E-state index in [9.17, 15) is 61.5 Å². The Morgan fingerprint density at radius 1 is 0.617 bits per heavy atom. The summed E-state index contributed by atoms with van der Waals surface area (Å²) < 4.78 is 101. The quantitative estimate of drug-likeness (QED) is 0.0190. The maximum atomic E-state index is 15.1. The van der Waals surface area contributed by atoms with Crippen molar-refractivity contribution in [2.75, 3.05) is 168 Å². The minimum Gasteiger partial charge on any atom is -0.486 e. The number of benzene rings is 3. The van der Waals surface area contributed by atoms with Gasteiger partial charge in [0.15, 0.2) is 17.7 Å². The zero-order valence-electron chi connectivity index (χ0n) is 81.9. The minimum atomic E-state index is -4.16. The summed E-state index contributed by atoms with van der Waals surface area (Å²) in [6.45, 7) is 13.8. The van der Waals surface area contributed by atoms with Gasteiger partial charge in [0, 0.05) is 97.7 Å². The number of primary amides is 1. The monoisotopic (exact) mass is 1990 g/mol. The van der Waals surface area contributed by atoms with Crippen molar-refractivity contribution in [3.05, 3.63) is 125 Å². The third kappa shape index (κ3) is 34.7. The standard InChI is InChI=1S/C101H146N12O27S/c1-6-17-91-139-85-63-77-76-33-28-72-62-74(114)36-39-99(72,4)92(76)82(115)64-100(77,5)101(85,140-91)84(116)66-137-75-31-29-73(30-32-75)109-95(122)80(23-16-41-108-98(103)125)111-97(124)94(68(2)3)112-96(123)79(22-14-15-40-105-89(120)67-138-83-25-9-7-8-21-78(93(83)102)104-42-47-131-51-55-135-59-57-133-53-49-129-45-37-87(118)107-44-61-141(126,127)128)110-88(119)38-46-130-50-54-134-58-60-136-56-52-132-48-43-106-86(117)34-35-90(121)113-65-71-20-11-10-18-69(71)26-27-70-19-12-13-24-81(70)113/h10-13,18-20,24,29-32,36,39,62,68,76-77,79-80,82-83,85,91-92,94,104,115H,6-9,14-17,21-23,25,28,33-35,37-38,40-61,63-67,102H2,1-5H3,(H,105,120)(H,106,117)(H,107,118)(H,109,122)(H,110,119)(H,111,124)(H,112,123)(H3,103,108,125)(H,126,127,128)/t76-,77?,79+,80-,82-,83?,85+,91?,92?,94-,99-,100-,101+/m0/s1. The molecule has 0 bridgehead atoms. The van der Waals surface area contributed by atoms with Crippen LogP contribution in [0.2, 0.25) is 0 Å². The maximum absolute atomic E-state index is 15.1. The van der Waals surface area contributed by atoms with E-state index < -0.39 is 122 Å². The van der Waals surface area contributed by atoms with Gasteiger partial charge in [0.25, 0.3) is 10.1 Å². The van der Waals surface area contributed by atoms with Gasteiger partial charge in [-0.3, -0.25) is 52.5 Å². The average molecular weight is 1990 g/mol. The molecule has 3 aromatic rings. The number of nitrogens with zero attached hydrogens (tertiary/aromatic N) is 1. The molecule has 3 aromatic carbocycles. The molecule has 778 valence electrons. The van der Waals surface area contributed by atoms with Crippen LogP contribution in [-0.4, -0.2) is 289 Å². The van der Waals surface area contributed by atoms with Gasteiger partial charge in [-0.1, -0.05) is 108 Å². The molecule has 4 fully saturated rings. The van der Waals surface area contributed by atoms with Gasteiger partial charge in [-0.05, 0) is 161 Å². The van der Waals surface area contributed by atoms with Gasteiger partial charge in [-0.25, -0.2) is 4.79 Å². The van der Waals surface area contributed by atoms with Gasteiger partial charge in [0.1, 0.15) is 37.1 Å². The Labute approximate surface area is 826 Å². The first kappa shape index (κ1) is 113. The lowest BCUT2D eigenvalue weighted by atomic mass is 9.46. The molecule has 40 heteroatoms. The normalized spacial score (nSPS) is 22.3. The molecule has 7 aliphatic rings. The number of carbonyl (C=O) groups excluding carboxylic acids is 11. The number of hydrogen-bond acceptors (Lipinski definition) is 28. The Morgan fingerprint density at radius 3 is 1.89 bits per heavy atom. The molecule has 2 heterocycles. The fourth-order valence-electron chi connectivity index (χ4n) is 19.5. The second-order valence-electron chi connectivity index (χ2n) is 37.1. The molecule has 0 spiro atoms. The molecule has 0 aromatic heterocycles. The number of ketones is 2. The smallest absolute Gasteiger partial charge is 0.312 e. The largest absolute Gasteiger partial charge is 0.486 e. The molecular formula is C101H146N12O27S. The lowest BCUT2D eigenvalue weighted by molar-refractivity contribution is -0.200. The summed E-state index contributed by atoms with van der Waals surface area (Å²) in [6.07, 6.45) is 11.0. The van der Waals surface area contributed by atoms with Crippen LogP contribution in [0.5, 0.6) is 5.75 Å². The Kier molecular flexibility index (Phi) is 46.2. The second-order valence-corrected chi connectivity index (χ2v) is 38.7. The summed E-state index contributed by atoms with van der Waals surface area (Å²) in [6, 6.07) is 17.0. The molecule has 1 saturated heterocycles. The molecule has 4 unspecified atom stereocenters.